The summed E-state index contributed by atoms with van der Waals surface area (Å²) in [5.74, 6) is 0.246. The zero-order chi connectivity index (χ0) is 23.4. The van der Waals surface area contributed by atoms with Gasteiger partial charge >= 0.3 is 6.61 Å². The van der Waals surface area contributed by atoms with Gasteiger partial charge in [0.2, 0.25) is 5.91 Å². The van der Waals surface area contributed by atoms with Crippen molar-refractivity contribution in [3.63, 3.8) is 0 Å². The van der Waals surface area contributed by atoms with Gasteiger partial charge in [-0.1, -0.05) is 35.9 Å². The van der Waals surface area contributed by atoms with Crippen LogP contribution in [0, 0.1) is 6.92 Å². The molecule has 1 heterocycles. The molecule has 1 aromatic heterocycles. The van der Waals surface area contributed by atoms with Crippen molar-refractivity contribution in [2.24, 2.45) is 0 Å². The SMILES string of the molecule is CCOc1cc(CN(C(=O)Cc2csc(-c3ccc(C)cc3)n2)C2CC2)ccc1OC(F)F. The third-order valence-corrected chi connectivity index (χ3v) is 6.31. The van der Waals surface area contributed by atoms with E-state index in [1.807, 2.05) is 41.5 Å². The van der Waals surface area contributed by atoms with Crippen molar-refractivity contribution in [2.45, 2.75) is 52.3 Å². The number of halogens is 2. The smallest absolute Gasteiger partial charge is 0.387 e. The standard InChI is InChI=1S/C25H26F2N2O3S/c1-3-31-22-12-17(6-11-21(22)32-25(26)27)14-29(20-9-10-20)23(30)13-19-15-33-24(28-19)18-7-4-16(2)5-8-18/h4-8,11-12,15,20,25H,3,9-10,13-14H2,1-2H3. The highest BCUT2D eigenvalue weighted by molar-refractivity contribution is 7.13. The molecule has 1 saturated carbocycles. The Labute approximate surface area is 196 Å². The van der Waals surface area contributed by atoms with Gasteiger partial charge in [-0.25, -0.2) is 4.98 Å². The van der Waals surface area contributed by atoms with Crippen LogP contribution in [0.5, 0.6) is 11.5 Å². The molecule has 0 radical (unpaired) electrons. The number of aryl methyl sites for hydroxylation is 1. The van der Waals surface area contributed by atoms with E-state index in [0.29, 0.717) is 13.2 Å². The van der Waals surface area contributed by atoms with E-state index in [1.54, 1.807) is 19.1 Å². The van der Waals surface area contributed by atoms with Crippen LogP contribution in [0.25, 0.3) is 10.6 Å². The molecule has 3 aromatic rings. The van der Waals surface area contributed by atoms with Crippen LogP contribution in [0.15, 0.2) is 47.8 Å². The Kier molecular flexibility index (Phi) is 7.23. The van der Waals surface area contributed by atoms with E-state index in [-0.39, 0.29) is 29.9 Å². The summed E-state index contributed by atoms with van der Waals surface area (Å²) in [4.78, 5) is 19.7. The highest BCUT2D eigenvalue weighted by Crippen LogP contribution is 2.33. The number of hydrogen-bond donors (Lipinski definition) is 0. The normalized spacial score (nSPS) is 13.2. The molecule has 0 bridgehead atoms. The van der Waals surface area contributed by atoms with E-state index in [2.05, 4.69) is 9.72 Å². The molecule has 8 heteroatoms. The van der Waals surface area contributed by atoms with Crippen molar-refractivity contribution in [3.8, 4) is 22.1 Å². The number of aromatic nitrogens is 1. The molecule has 0 N–H and O–H groups in total. The molecular weight excluding hydrogens is 446 g/mol. The van der Waals surface area contributed by atoms with Gasteiger partial charge in [-0.05, 0) is 44.4 Å². The van der Waals surface area contributed by atoms with Gasteiger partial charge in [0.25, 0.3) is 0 Å². The monoisotopic (exact) mass is 472 g/mol. The van der Waals surface area contributed by atoms with Crippen molar-refractivity contribution in [1.29, 1.82) is 0 Å². The van der Waals surface area contributed by atoms with Crippen molar-refractivity contribution in [1.82, 2.24) is 9.88 Å². The molecule has 1 aliphatic carbocycles. The fraction of sp³-hybridized carbons (Fsp3) is 0.360. The summed E-state index contributed by atoms with van der Waals surface area (Å²) < 4.78 is 35.4. The number of alkyl halides is 2. The number of benzene rings is 2. The molecular formula is C25H26F2N2O3S. The molecule has 2 aromatic carbocycles. The van der Waals surface area contributed by atoms with Gasteiger partial charge in [0.15, 0.2) is 11.5 Å². The number of carbonyl (C=O) groups excluding carboxylic acids is 1. The molecule has 33 heavy (non-hydrogen) atoms. The summed E-state index contributed by atoms with van der Waals surface area (Å²) in [6.07, 6.45) is 2.15. The Balaban J connectivity index is 1.46. The number of nitrogens with zero attached hydrogens (tertiary/aromatic N) is 2. The van der Waals surface area contributed by atoms with Crippen molar-refractivity contribution in [2.75, 3.05) is 6.61 Å². The van der Waals surface area contributed by atoms with Crippen LogP contribution < -0.4 is 9.47 Å². The summed E-state index contributed by atoms with van der Waals surface area (Å²) in [7, 11) is 0. The number of rotatable bonds is 10. The van der Waals surface area contributed by atoms with Gasteiger partial charge in [0.1, 0.15) is 5.01 Å². The Hall–Kier alpha value is -3.00. The van der Waals surface area contributed by atoms with Crippen LogP contribution in [0.4, 0.5) is 8.78 Å². The Morgan fingerprint density at radius 1 is 1.18 bits per heavy atom. The minimum absolute atomic E-state index is 0.00382. The zero-order valence-electron chi connectivity index (χ0n) is 18.6. The van der Waals surface area contributed by atoms with Crippen LogP contribution in [0.3, 0.4) is 0 Å². The minimum Gasteiger partial charge on any atom is -0.490 e. The predicted molar refractivity (Wildman–Crippen MR) is 124 cm³/mol. The molecule has 1 amide bonds. The summed E-state index contributed by atoms with van der Waals surface area (Å²) in [6, 6.07) is 13.2. The Morgan fingerprint density at radius 3 is 2.61 bits per heavy atom. The van der Waals surface area contributed by atoms with Crippen LogP contribution in [-0.2, 0) is 17.8 Å². The van der Waals surface area contributed by atoms with Gasteiger partial charge in [-0.2, -0.15) is 8.78 Å². The maximum atomic E-state index is 13.1. The van der Waals surface area contributed by atoms with Gasteiger partial charge in [-0.3, -0.25) is 4.79 Å². The average Bonchev–Trinajstić information content (AvgIpc) is 3.52. The van der Waals surface area contributed by atoms with Crippen molar-refractivity contribution in [3.05, 3.63) is 64.7 Å². The highest BCUT2D eigenvalue weighted by atomic mass is 32.1. The average molecular weight is 473 g/mol. The number of hydrogen-bond acceptors (Lipinski definition) is 5. The minimum atomic E-state index is -2.93. The third-order valence-electron chi connectivity index (χ3n) is 5.37. The van der Waals surface area contributed by atoms with Crippen LogP contribution in [0.2, 0.25) is 0 Å². The second-order valence-electron chi connectivity index (χ2n) is 8.03. The fourth-order valence-corrected chi connectivity index (χ4v) is 4.42. The van der Waals surface area contributed by atoms with Crippen LogP contribution >= 0.6 is 11.3 Å². The van der Waals surface area contributed by atoms with Gasteiger partial charge in [-0.15, -0.1) is 11.3 Å². The Bertz CT molecular complexity index is 1100. The zero-order valence-corrected chi connectivity index (χ0v) is 19.4. The van der Waals surface area contributed by atoms with Crippen LogP contribution in [-0.4, -0.2) is 35.1 Å². The van der Waals surface area contributed by atoms with E-state index in [0.717, 1.165) is 34.7 Å². The number of carbonyl (C=O) groups is 1. The lowest BCUT2D eigenvalue weighted by molar-refractivity contribution is -0.131. The van der Waals surface area contributed by atoms with Crippen molar-refractivity contribution < 1.29 is 23.0 Å². The molecule has 4 rings (SSSR count). The largest absolute Gasteiger partial charge is 0.490 e. The lowest BCUT2D eigenvalue weighted by atomic mass is 10.1. The first-order chi connectivity index (χ1) is 15.9. The van der Waals surface area contributed by atoms with E-state index >= 15 is 0 Å². The summed E-state index contributed by atoms with van der Waals surface area (Å²) in [5.41, 5.74) is 3.78. The number of amides is 1. The molecule has 0 spiro atoms. The Morgan fingerprint density at radius 2 is 1.94 bits per heavy atom. The second kappa shape index (κ2) is 10.3. The topological polar surface area (TPSA) is 51.7 Å². The summed E-state index contributed by atoms with van der Waals surface area (Å²) in [6.45, 7) is 1.59. The third kappa shape index (κ3) is 6.07. The first kappa shape index (κ1) is 23.2. The van der Waals surface area contributed by atoms with E-state index in [9.17, 15) is 13.6 Å². The summed E-state index contributed by atoms with van der Waals surface area (Å²) in [5, 5.41) is 2.83. The highest BCUT2D eigenvalue weighted by Gasteiger charge is 2.33. The first-order valence-corrected chi connectivity index (χ1v) is 11.8. The molecule has 5 nitrogen and oxygen atoms in total. The quantitative estimate of drug-likeness (QED) is 0.371. The molecule has 0 unspecified atom stereocenters. The second-order valence-corrected chi connectivity index (χ2v) is 8.89. The van der Waals surface area contributed by atoms with Crippen LogP contribution in [0.1, 0.15) is 36.6 Å². The molecule has 0 atom stereocenters. The van der Waals surface area contributed by atoms with E-state index < -0.39 is 6.61 Å². The van der Waals surface area contributed by atoms with Crippen molar-refractivity contribution >= 4 is 17.2 Å². The first-order valence-electron chi connectivity index (χ1n) is 10.9. The maximum absolute atomic E-state index is 13.1. The number of ether oxygens (including phenoxy) is 2. The van der Waals surface area contributed by atoms with Gasteiger partial charge in [0.05, 0.1) is 18.7 Å². The van der Waals surface area contributed by atoms with Gasteiger partial charge in [0, 0.05) is 23.5 Å². The lowest BCUT2D eigenvalue weighted by Gasteiger charge is -2.23. The molecule has 0 aliphatic heterocycles. The van der Waals surface area contributed by atoms with E-state index in [4.69, 9.17) is 4.74 Å². The molecule has 0 saturated heterocycles. The lowest BCUT2D eigenvalue weighted by Crippen LogP contribution is -2.33. The van der Waals surface area contributed by atoms with Gasteiger partial charge < -0.3 is 14.4 Å². The molecule has 1 aliphatic rings. The van der Waals surface area contributed by atoms with E-state index in [1.165, 1.54) is 23.0 Å². The fourth-order valence-electron chi connectivity index (χ4n) is 3.59. The molecule has 174 valence electrons. The molecule has 1 fully saturated rings. The predicted octanol–water partition coefficient (Wildman–Crippen LogP) is 5.85. The number of thiazole rings is 1. The summed E-state index contributed by atoms with van der Waals surface area (Å²) >= 11 is 1.53. The maximum Gasteiger partial charge on any atom is 0.387 e.